The first-order valence-corrected chi connectivity index (χ1v) is 13.2. The summed E-state index contributed by atoms with van der Waals surface area (Å²) in [7, 11) is 1.90. The number of aliphatic hydroxyl groups excluding tert-OH is 1. The number of rotatable bonds is 8. The van der Waals surface area contributed by atoms with E-state index in [0.29, 0.717) is 34.4 Å². The Labute approximate surface area is 193 Å². The van der Waals surface area contributed by atoms with Crippen molar-refractivity contribution in [3.05, 3.63) is 54.1 Å². The van der Waals surface area contributed by atoms with Gasteiger partial charge in [-0.1, -0.05) is 39.3 Å². The minimum atomic E-state index is -3.63. The van der Waals surface area contributed by atoms with Crippen LogP contribution in [0.4, 0.5) is 5.69 Å². The molecule has 32 heavy (non-hydrogen) atoms. The highest BCUT2D eigenvalue weighted by atomic mass is 31.2. The minimum absolute atomic E-state index is 0.147. The highest BCUT2D eigenvalue weighted by Crippen LogP contribution is 2.60. The van der Waals surface area contributed by atoms with E-state index < -0.39 is 13.2 Å². The second kappa shape index (κ2) is 10.4. The first kappa shape index (κ1) is 24.8. The van der Waals surface area contributed by atoms with Crippen molar-refractivity contribution < 1.29 is 18.9 Å². The molecule has 0 radical (unpaired) electrons. The Balaban J connectivity index is 2.02. The van der Waals surface area contributed by atoms with Crippen LogP contribution in [0.5, 0.6) is 5.75 Å². The van der Waals surface area contributed by atoms with Crippen molar-refractivity contribution in [2.45, 2.75) is 52.0 Å². The average Bonchev–Trinajstić information content (AvgIpc) is 2.78. The quantitative estimate of drug-likeness (QED) is 0.503. The van der Waals surface area contributed by atoms with Crippen LogP contribution in [0.1, 0.15) is 51.4 Å². The molecule has 1 N–H and O–H groups in total. The van der Waals surface area contributed by atoms with Gasteiger partial charge in [-0.2, -0.15) is 0 Å². The lowest BCUT2D eigenvalue weighted by Gasteiger charge is -2.40. The third-order valence-electron chi connectivity index (χ3n) is 6.72. The number of ether oxygens (including phenoxy) is 1. The van der Waals surface area contributed by atoms with Crippen LogP contribution >= 0.6 is 7.37 Å². The van der Waals surface area contributed by atoms with Crippen LogP contribution in [-0.4, -0.2) is 32.4 Å². The van der Waals surface area contributed by atoms with Gasteiger partial charge >= 0.3 is 0 Å². The van der Waals surface area contributed by atoms with E-state index in [-0.39, 0.29) is 6.10 Å². The molecule has 1 aliphatic rings. The number of anilines is 1. The zero-order chi connectivity index (χ0) is 23.5. The molecule has 0 amide bonds. The Morgan fingerprint density at radius 2 is 1.66 bits per heavy atom. The fourth-order valence-electron chi connectivity index (χ4n) is 4.63. The van der Waals surface area contributed by atoms with Gasteiger partial charge in [-0.05, 0) is 72.6 Å². The third-order valence-corrected chi connectivity index (χ3v) is 9.26. The van der Waals surface area contributed by atoms with Gasteiger partial charge in [0.15, 0.2) is 5.85 Å². The Morgan fingerprint density at radius 3 is 2.19 bits per heavy atom. The molecule has 3 rings (SSSR count). The van der Waals surface area contributed by atoms with Gasteiger partial charge in [-0.25, -0.2) is 0 Å². The summed E-state index contributed by atoms with van der Waals surface area (Å²) >= 11 is 0. The molecule has 1 saturated carbocycles. The average molecular weight is 460 g/mol. The molecule has 176 valence electrons. The van der Waals surface area contributed by atoms with Gasteiger partial charge in [0.05, 0.1) is 13.2 Å². The molecule has 0 bridgehead atoms. The molecule has 2 aromatic carbocycles. The van der Waals surface area contributed by atoms with Gasteiger partial charge < -0.3 is 19.3 Å². The van der Waals surface area contributed by atoms with Crippen molar-refractivity contribution in [1.29, 1.82) is 0 Å². The summed E-state index contributed by atoms with van der Waals surface area (Å²) in [6, 6.07) is 14.6. The minimum Gasteiger partial charge on any atom is -0.497 e. The van der Waals surface area contributed by atoms with Crippen LogP contribution in [0.2, 0.25) is 0 Å². The van der Waals surface area contributed by atoms with Crippen molar-refractivity contribution in [1.82, 2.24) is 0 Å². The van der Waals surface area contributed by atoms with Crippen LogP contribution in [-0.2, 0) is 9.09 Å². The van der Waals surface area contributed by atoms with Crippen molar-refractivity contribution >= 4 is 18.4 Å². The van der Waals surface area contributed by atoms with Gasteiger partial charge in [0.25, 0.3) is 7.37 Å². The number of hydrogen-bond donors (Lipinski definition) is 1. The van der Waals surface area contributed by atoms with E-state index in [2.05, 4.69) is 20.8 Å². The lowest BCUT2D eigenvalue weighted by Crippen LogP contribution is -2.35. The number of hydrogen-bond acceptors (Lipinski definition) is 5. The first-order valence-electron chi connectivity index (χ1n) is 11.5. The molecular weight excluding hydrogens is 421 g/mol. The fourth-order valence-corrected chi connectivity index (χ4v) is 6.92. The summed E-state index contributed by atoms with van der Waals surface area (Å²) in [6.07, 6.45) is 2.93. The number of benzene rings is 2. The molecule has 0 unspecified atom stereocenters. The highest BCUT2D eigenvalue weighted by Gasteiger charge is 2.42. The Morgan fingerprint density at radius 1 is 1.03 bits per heavy atom. The maximum Gasteiger partial charge on any atom is 0.264 e. The summed E-state index contributed by atoms with van der Waals surface area (Å²) in [5.74, 6) is 0.702. The van der Waals surface area contributed by atoms with E-state index in [1.54, 1.807) is 31.4 Å². The Bertz CT molecular complexity index is 910. The predicted octanol–water partition coefficient (Wildman–Crippen LogP) is 5.83. The zero-order valence-electron chi connectivity index (χ0n) is 20.2. The van der Waals surface area contributed by atoms with Crippen molar-refractivity contribution in [3.63, 3.8) is 0 Å². The standard InChI is InChI=1S/C26H38NO4P/c1-18(2)24-16-7-19(3)17-25(24)31-32(29,23-14-10-21(11-15-23)27(4)5)26(28)20-8-12-22(30-6)13-9-20/h8-15,18-19,24-26,28H,7,16-17H2,1-6H3/t19-,24-,25-,26-,32-/m1/s1. The molecule has 0 saturated heterocycles. The van der Waals surface area contributed by atoms with Crippen molar-refractivity contribution in [2.75, 3.05) is 26.1 Å². The topological polar surface area (TPSA) is 59.0 Å². The van der Waals surface area contributed by atoms with E-state index >= 15 is 0 Å². The maximum atomic E-state index is 14.6. The second-order valence-electron chi connectivity index (χ2n) is 9.62. The number of methoxy groups -OCH3 is 1. The second-order valence-corrected chi connectivity index (χ2v) is 12.0. The molecule has 0 aliphatic heterocycles. The van der Waals surface area contributed by atoms with Crippen molar-refractivity contribution in [3.8, 4) is 5.75 Å². The summed E-state index contributed by atoms with van der Waals surface area (Å²) in [6.45, 7) is 6.63. The van der Waals surface area contributed by atoms with E-state index in [1.165, 1.54) is 0 Å². The normalized spacial score (nSPS) is 24.1. The van der Waals surface area contributed by atoms with Gasteiger partial charge in [-0.15, -0.1) is 0 Å². The third kappa shape index (κ3) is 5.39. The molecule has 0 aromatic heterocycles. The van der Waals surface area contributed by atoms with E-state index in [9.17, 15) is 9.67 Å². The molecule has 0 heterocycles. The molecule has 1 fully saturated rings. The van der Waals surface area contributed by atoms with Gasteiger partial charge in [0.1, 0.15) is 5.75 Å². The van der Waals surface area contributed by atoms with Crippen molar-refractivity contribution in [2.24, 2.45) is 17.8 Å². The highest BCUT2D eigenvalue weighted by molar-refractivity contribution is 7.67. The summed E-state index contributed by atoms with van der Waals surface area (Å²) in [4.78, 5) is 1.99. The molecule has 2 aromatic rings. The van der Waals surface area contributed by atoms with Gasteiger partial charge in [0, 0.05) is 25.1 Å². The number of nitrogens with zero attached hydrogens (tertiary/aromatic N) is 1. The number of aliphatic hydroxyl groups is 1. The SMILES string of the molecule is COc1ccc([C@H](O)[P@](=O)(O[C@@H]2C[C@H](C)CC[C@@H]2C(C)C)c2ccc(N(C)C)cc2)cc1. The molecule has 1 aliphatic carbocycles. The smallest absolute Gasteiger partial charge is 0.264 e. The van der Waals surface area contributed by atoms with Crippen LogP contribution in [0, 0.1) is 17.8 Å². The van der Waals surface area contributed by atoms with Crippen LogP contribution in [0.3, 0.4) is 0 Å². The van der Waals surface area contributed by atoms with Crippen LogP contribution in [0.15, 0.2) is 48.5 Å². The summed E-state index contributed by atoms with van der Waals surface area (Å²) in [5.41, 5.74) is 1.57. The summed E-state index contributed by atoms with van der Waals surface area (Å²) < 4.78 is 26.4. The Kier molecular flexibility index (Phi) is 8.08. The Hall–Kier alpha value is -1.81. The summed E-state index contributed by atoms with van der Waals surface area (Å²) in [5, 5.41) is 12.0. The monoisotopic (exact) mass is 459 g/mol. The van der Waals surface area contributed by atoms with E-state index in [4.69, 9.17) is 9.26 Å². The molecule has 5 nitrogen and oxygen atoms in total. The molecular formula is C26H38NO4P. The first-order chi connectivity index (χ1) is 15.2. The fraction of sp³-hybridized carbons (Fsp3) is 0.538. The maximum absolute atomic E-state index is 14.6. The molecule has 5 atom stereocenters. The van der Waals surface area contributed by atoms with Crippen LogP contribution < -0.4 is 14.9 Å². The molecule has 0 spiro atoms. The lowest BCUT2D eigenvalue weighted by atomic mass is 9.75. The predicted molar refractivity (Wildman–Crippen MR) is 132 cm³/mol. The molecule has 6 heteroatoms. The lowest BCUT2D eigenvalue weighted by molar-refractivity contribution is 0.0427. The van der Waals surface area contributed by atoms with E-state index in [0.717, 1.165) is 24.9 Å². The largest absolute Gasteiger partial charge is 0.497 e. The zero-order valence-corrected chi connectivity index (χ0v) is 21.1. The van der Waals surface area contributed by atoms with E-state index in [1.807, 2.05) is 43.3 Å². The van der Waals surface area contributed by atoms with Gasteiger partial charge in [0.2, 0.25) is 0 Å². The van der Waals surface area contributed by atoms with Crippen LogP contribution in [0.25, 0.3) is 0 Å². The van der Waals surface area contributed by atoms with Gasteiger partial charge in [-0.3, -0.25) is 4.57 Å².